The van der Waals surface area contributed by atoms with Crippen LogP contribution >= 0.6 is 0 Å². The fourth-order valence-corrected chi connectivity index (χ4v) is 2.12. The molecule has 2 atom stereocenters. The van der Waals surface area contributed by atoms with E-state index in [1.807, 2.05) is 0 Å². The van der Waals surface area contributed by atoms with Crippen LogP contribution in [-0.2, 0) is 10.9 Å². The van der Waals surface area contributed by atoms with E-state index in [1.54, 1.807) is 13.8 Å². The Morgan fingerprint density at radius 1 is 1.41 bits per heavy atom. The van der Waals surface area contributed by atoms with Crippen molar-refractivity contribution in [3.8, 4) is 0 Å². The summed E-state index contributed by atoms with van der Waals surface area (Å²) in [5.41, 5.74) is -0.951. The molecule has 2 amide bonds. The van der Waals surface area contributed by atoms with Gasteiger partial charge in [0.2, 0.25) is 0 Å². The molecule has 22 heavy (non-hydrogen) atoms. The van der Waals surface area contributed by atoms with Crippen LogP contribution in [0.3, 0.4) is 0 Å². The van der Waals surface area contributed by atoms with E-state index in [-0.39, 0.29) is 11.9 Å². The van der Waals surface area contributed by atoms with Crippen molar-refractivity contribution < 1.29 is 27.8 Å². The molecule has 1 aliphatic heterocycles. The number of likely N-dealkylation sites (N-methyl/N-ethyl adjacent to an activating group) is 1. The zero-order valence-corrected chi connectivity index (χ0v) is 12.2. The number of halogens is 3. The van der Waals surface area contributed by atoms with Gasteiger partial charge >= 0.3 is 12.2 Å². The number of aromatic nitrogens is 1. The van der Waals surface area contributed by atoms with E-state index in [0.717, 1.165) is 22.1 Å². The maximum Gasteiger partial charge on any atom is 0.416 e. The normalized spacial score (nSPS) is 22.8. The summed E-state index contributed by atoms with van der Waals surface area (Å²) in [6.07, 6.45) is -6.33. The third kappa shape index (κ3) is 3.00. The van der Waals surface area contributed by atoms with Crippen molar-refractivity contribution in [3.63, 3.8) is 0 Å². The predicted molar refractivity (Wildman–Crippen MR) is 70.9 cm³/mol. The minimum absolute atomic E-state index is 0.274. The fraction of sp³-hybridized carbons (Fsp3) is 0.538. The van der Waals surface area contributed by atoms with Crippen molar-refractivity contribution in [1.29, 1.82) is 0 Å². The Kier molecular flexibility index (Phi) is 4.30. The molecule has 2 heterocycles. The number of hydrogen-bond donors (Lipinski definition) is 1. The first-order valence-corrected chi connectivity index (χ1v) is 6.55. The molecule has 1 N–H and O–H groups in total. The molecular formula is C13H16F3N3O3. The van der Waals surface area contributed by atoms with Crippen LogP contribution in [0.1, 0.15) is 19.4 Å². The molecule has 0 spiro atoms. The first kappa shape index (κ1) is 16.5. The lowest BCUT2D eigenvalue weighted by atomic mass is 10.2. The van der Waals surface area contributed by atoms with Gasteiger partial charge in [-0.05, 0) is 26.0 Å². The number of alkyl halides is 3. The maximum absolute atomic E-state index is 12.7. The summed E-state index contributed by atoms with van der Waals surface area (Å²) in [7, 11) is 1.40. The van der Waals surface area contributed by atoms with Crippen molar-refractivity contribution in [3.05, 3.63) is 23.9 Å². The molecule has 1 aromatic heterocycles. The van der Waals surface area contributed by atoms with Gasteiger partial charge in [-0.25, -0.2) is 14.7 Å². The van der Waals surface area contributed by atoms with E-state index in [9.17, 15) is 23.1 Å². The number of aliphatic hydroxyl groups excluding tert-OH is 1. The van der Waals surface area contributed by atoms with Gasteiger partial charge in [-0.15, -0.1) is 0 Å². The van der Waals surface area contributed by atoms with Gasteiger partial charge < -0.3 is 9.84 Å². The van der Waals surface area contributed by atoms with E-state index < -0.39 is 30.2 Å². The minimum atomic E-state index is -4.56. The number of ether oxygens (including phenoxy) is 1. The highest BCUT2D eigenvalue weighted by molar-refractivity contribution is 5.93. The van der Waals surface area contributed by atoms with E-state index in [4.69, 9.17) is 4.74 Å². The Balaban J connectivity index is 2.34. The summed E-state index contributed by atoms with van der Waals surface area (Å²) in [5, 5.41) is 10.2. The number of nitrogens with zero attached hydrogens (tertiary/aromatic N) is 3. The number of carbonyl (C=O) groups excluding carboxylic acids is 1. The van der Waals surface area contributed by atoms with Crippen molar-refractivity contribution in [2.75, 3.05) is 11.9 Å². The fourth-order valence-electron chi connectivity index (χ4n) is 2.12. The molecule has 0 aromatic carbocycles. The highest BCUT2D eigenvalue weighted by Crippen LogP contribution is 2.33. The Morgan fingerprint density at radius 3 is 2.59 bits per heavy atom. The Morgan fingerprint density at radius 2 is 2.05 bits per heavy atom. The zero-order chi connectivity index (χ0) is 16.7. The van der Waals surface area contributed by atoms with Gasteiger partial charge in [0, 0.05) is 13.2 Å². The molecule has 0 aliphatic carbocycles. The highest BCUT2D eigenvalue weighted by atomic mass is 19.4. The molecule has 9 heteroatoms. The summed E-state index contributed by atoms with van der Waals surface area (Å²) < 4.78 is 43.7. The Labute approximate surface area is 125 Å². The SMILES string of the molecule is CC(C)OC1C(O)N(c2cc(C(F)(F)F)ccn2)C(=O)N1C. The van der Waals surface area contributed by atoms with Gasteiger partial charge in [-0.3, -0.25) is 4.90 Å². The second-order valence-electron chi connectivity index (χ2n) is 5.15. The van der Waals surface area contributed by atoms with Gasteiger partial charge in [0.25, 0.3) is 0 Å². The Hall–Kier alpha value is -1.87. The van der Waals surface area contributed by atoms with Gasteiger partial charge in [0.1, 0.15) is 5.82 Å². The number of rotatable bonds is 3. The van der Waals surface area contributed by atoms with Gasteiger partial charge in [0.15, 0.2) is 12.5 Å². The number of pyridine rings is 1. The van der Waals surface area contributed by atoms with Crippen LogP contribution in [-0.4, -0.2) is 46.6 Å². The average molecular weight is 319 g/mol. The van der Waals surface area contributed by atoms with E-state index in [0.29, 0.717) is 6.07 Å². The second kappa shape index (κ2) is 5.73. The summed E-state index contributed by atoms with van der Waals surface area (Å²) >= 11 is 0. The number of hydrogen-bond acceptors (Lipinski definition) is 4. The largest absolute Gasteiger partial charge is 0.416 e. The second-order valence-corrected chi connectivity index (χ2v) is 5.15. The lowest BCUT2D eigenvalue weighted by molar-refractivity contribution is -0.137. The standard InChI is InChI=1S/C13H16F3N3O3/c1-7(2)22-11-10(20)19(12(21)18(11)3)9-6-8(4-5-17-9)13(14,15)16/h4-7,10-11,20H,1-3H3. The monoisotopic (exact) mass is 319 g/mol. The Bertz CT molecular complexity index is 565. The lowest BCUT2D eigenvalue weighted by Gasteiger charge is -2.24. The number of anilines is 1. The summed E-state index contributed by atoms with van der Waals surface area (Å²) in [6, 6.07) is 0.819. The molecular weight excluding hydrogens is 303 g/mol. The zero-order valence-electron chi connectivity index (χ0n) is 12.2. The van der Waals surface area contributed by atoms with Crippen LogP contribution in [0.5, 0.6) is 0 Å². The first-order chi connectivity index (χ1) is 10.1. The van der Waals surface area contributed by atoms with Crippen LogP contribution < -0.4 is 4.90 Å². The van der Waals surface area contributed by atoms with E-state index >= 15 is 0 Å². The molecule has 0 bridgehead atoms. The third-order valence-corrected chi connectivity index (χ3v) is 3.14. The molecule has 122 valence electrons. The molecule has 0 radical (unpaired) electrons. The van der Waals surface area contributed by atoms with Crippen LogP contribution in [0.4, 0.5) is 23.8 Å². The van der Waals surface area contributed by atoms with Gasteiger partial charge in [0.05, 0.1) is 11.7 Å². The average Bonchev–Trinajstić information content (AvgIpc) is 2.62. The van der Waals surface area contributed by atoms with Crippen LogP contribution in [0.15, 0.2) is 18.3 Å². The molecule has 1 saturated heterocycles. The van der Waals surface area contributed by atoms with Crippen molar-refractivity contribution in [2.24, 2.45) is 0 Å². The van der Waals surface area contributed by atoms with E-state index in [2.05, 4.69) is 4.98 Å². The van der Waals surface area contributed by atoms with Crippen molar-refractivity contribution in [1.82, 2.24) is 9.88 Å². The smallest absolute Gasteiger partial charge is 0.369 e. The van der Waals surface area contributed by atoms with Crippen molar-refractivity contribution >= 4 is 11.8 Å². The molecule has 1 fully saturated rings. The third-order valence-electron chi connectivity index (χ3n) is 3.14. The summed E-state index contributed by atoms with van der Waals surface area (Å²) in [5.74, 6) is -0.283. The molecule has 1 aliphatic rings. The number of amides is 2. The molecule has 0 saturated carbocycles. The number of carbonyl (C=O) groups is 1. The molecule has 2 rings (SSSR count). The summed E-state index contributed by atoms with van der Waals surface area (Å²) in [6.45, 7) is 3.44. The maximum atomic E-state index is 12.7. The minimum Gasteiger partial charge on any atom is -0.369 e. The number of aliphatic hydroxyl groups is 1. The highest BCUT2D eigenvalue weighted by Gasteiger charge is 2.46. The number of urea groups is 1. The topological polar surface area (TPSA) is 65.9 Å². The van der Waals surface area contributed by atoms with Crippen LogP contribution in [0.2, 0.25) is 0 Å². The molecule has 2 unspecified atom stereocenters. The lowest BCUT2D eigenvalue weighted by Crippen LogP contribution is -2.40. The van der Waals surface area contributed by atoms with Crippen molar-refractivity contribution in [2.45, 2.75) is 38.6 Å². The first-order valence-electron chi connectivity index (χ1n) is 6.55. The quantitative estimate of drug-likeness (QED) is 0.926. The summed E-state index contributed by atoms with van der Waals surface area (Å²) in [4.78, 5) is 17.8. The molecule has 6 nitrogen and oxygen atoms in total. The van der Waals surface area contributed by atoms with Gasteiger partial charge in [-0.1, -0.05) is 0 Å². The molecule has 1 aromatic rings. The van der Waals surface area contributed by atoms with Gasteiger partial charge in [-0.2, -0.15) is 13.2 Å². The van der Waals surface area contributed by atoms with E-state index in [1.165, 1.54) is 7.05 Å². The predicted octanol–water partition coefficient (Wildman–Crippen LogP) is 2.04. The van der Waals surface area contributed by atoms with Crippen LogP contribution in [0, 0.1) is 0 Å². The van der Waals surface area contributed by atoms with Crippen LogP contribution in [0.25, 0.3) is 0 Å².